The molecule has 2 rings (SSSR count). The maximum Gasteiger partial charge on any atom is 0.241 e. The lowest BCUT2D eigenvalue weighted by molar-refractivity contribution is -0.124. The molecular formula is C20H32N2O5S. The second-order valence-electron chi connectivity index (χ2n) is 7.55. The van der Waals surface area contributed by atoms with Crippen molar-refractivity contribution in [1.82, 2.24) is 10.0 Å². The first-order valence-corrected chi connectivity index (χ1v) is 11.4. The largest absolute Gasteiger partial charge is 0.486 e. The summed E-state index contributed by atoms with van der Waals surface area (Å²) in [5, 5.41) is 2.93. The molecule has 0 bridgehead atoms. The number of hydrogen-bond acceptors (Lipinski definition) is 5. The van der Waals surface area contributed by atoms with Crippen LogP contribution >= 0.6 is 0 Å². The van der Waals surface area contributed by atoms with Crippen LogP contribution in [0.4, 0.5) is 0 Å². The van der Waals surface area contributed by atoms with Crippen molar-refractivity contribution in [1.29, 1.82) is 0 Å². The van der Waals surface area contributed by atoms with Gasteiger partial charge in [0, 0.05) is 12.1 Å². The summed E-state index contributed by atoms with van der Waals surface area (Å²) < 4.78 is 39.1. The molecule has 1 aromatic rings. The highest BCUT2D eigenvalue weighted by atomic mass is 32.2. The predicted octanol–water partition coefficient (Wildman–Crippen LogP) is 2.85. The van der Waals surface area contributed by atoms with Crippen molar-refractivity contribution in [2.75, 3.05) is 13.2 Å². The minimum Gasteiger partial charge on any atom is -0.486 e. The molecule has 8 heteroatoms. The molecule has 2 atom stereocenters. The van der Waals surface area contributed by atoms with Crippen LogP contribution in [0.2, 0.25) is 0 Å². The Morgan fingerprint density at radius 2 is 1.79 bits per heavy atom. The Balaban J connectivity index is 2.08. The van der Waals surface area contributed by atoms with E-state index in [1.54, 1.807) is 6.07 Å². The van der Waals surface area contributed by atoms with Crippen LogP contribution in [0, 0.1) is 5.92 Å². The number of sulfonamides is 1. The second-order valence-corrected chi connectivity index (χ2v) is 9.27. The van der Waals surface area contributed by atoms with Crippen molar-refractivity contribution in [3.8, 4) is 11.5 Å². The highest BCUT2D eigenvalue weighted by Gasteiger charge is 2.29. The lowest BCUT2D eigenvalue weighted by Crippen LogP contribution is -2.51. The van der Waals surface area contributed by atoms with Crippen molar-refractivity contribution in [2.24, 2.45) is 5.92 Å². The predicted molar refractivity (Wildman–Crippen MR) is 108 cm³/mol. The third-order valence-corrected chi connectivity index (χ3v) is 6.12. The number of fused-ring (bicyclic) bond motifs is 1. The van der Waals surface area contributed by atoms with Gasteiger partial charge in [0.15, 0.2) is 11.5 Å². The lowest BCUT2D eigenvalue weighted by atomic mass is 10.0. The number of unbranched alkanes of at least 4 members (excludes halogenated alkanes) is 2. The highest BCUT2D eigenvalue weighted by molar-refractivity contribution is 7.89. The van der Waals surface area contributed by atoms with Crippen LogP contribution in [-0.4, -0.2) is 39.6 Å². The Bertz CT molecular complexity index is 764. The molecule has 0 fully saturated rings. The fourth-order valence-corrected chi connectivity index (χ4v) is 4.38. The Labute approximate surface area is 168 Å². The summed E-state index contributed by atoms with van der Waals surface area (Å²) in [6.45, 7) is 8.52. The zero-order valence-electron chi connectivity index (χ0n) is 17.2. The van der Waals surface area contributed by atoms with Crippen LogP contribution in [0.1, 0.15) is 53.4 Å². The summed E-state index contributed by atoms with van der Waals surface area (Å²) in [5.41, 5.74) is 0. The van der Waals surface area contributed by atoms with E-state index in [9.17, 15) is 13.2 Å². The van der Waals surface area contributed by atoms with Crippen molar-refractivity contribution in [3.63, 3.8) is 0 Å². The van der Waals surface area contributed by atoms with Crippen LogP contribution in [0.25, 0.3) is 0 Å². The van der Waals surface area contributed by atoms with Gasteiger partial charge in [-0.2, -0.15) is 4.72 Å². The maximum absolute atomic E-state index is 12.8. The molecular weight excluding hydrogens is 380 g/mol. The normalized spacial score (nSPS) is 15.9. The highest BCUT2D eigenvalue weighted by Crippen LogP contribution is 2.32. The van der Waals surface area contributed by atoms with E-state index in [0.717, 1.165) is 25.7 Å². The smallest absolute Gasteiger partial charge is 0.241 e. The van der Waals surface area contributed by atoms with Crippen molar-refractivity contribution in [2.45, 2.75) is 70.4 Å². The number of nitrogens with one attached hydrogen (secondary N) is 2. The van der Waals surface area contributed by atoms with Crippen molar-refractivity contribution in [3.05, 3.63) is 18.2 Å². The molecule has 0 spiro atoms. The van der Waals surface area contributed by atoms with Gasteiger partial charge in [-0.1, -0.05) is 40.0 Å². The molecule has 1 amide bonds. The second kappa shape index (κ2) is 10.1. The molecule has 0 unspecified atom stereocenters. The quantitative estimate of drug-likeness (QED) is 0.577. The van der Waals surface area contributed by atoms with Gasteiger partial charge in [-0.3, -0.25) is 4.79 Å². The van der Waals surface area contributed by atoms with Crippen LogP contribution in [0.3, 0.4) is 0 Å². The van der Waals surface area contributed by atoms with Gasteiger partial charge in [0.2, 0.25) is 15.9 Å². The van der Waals surface area contributed by atoms with Gasteiger partial charge in [0.05, 0.1) is 4.90 Å². The van der Waals surface area contributed by atoms with E-state index >= 15 is 0 Å². The third-order valence-electron chi connectivity index (χ3n) is 4.68. The first-order valence-electron chi connectivity index (χ1n) is 9.97. The van der Waals surface area contributed by atoms with Crippen molar-refractivity contribution < 1.29 is 22.7 Å². The van der Waals surface area contributed by atoms with Gasteiger partial charge in [0.25, 0.3) is 0 Å². The first kappa shape index (κ1) is 22.5. The van der Waals surface area contributed by atoms with Gasteiger partial charge in [0.1, 0.15) is 19.3 Å². The molecule has 1 aromatic carbocycles. The molecule has 0 aromatic heterocycles. The summed E-state index contributed by atoms with van der Waals surface area (Å²) >= 11 is 0. The summed E-state index contributed by atoms with van der Waals surface area (Å²) in [7, 11) is -3.89. The molecule has 0 saturated heterocycles. The summed E-state index contributed by atoms with van der Waals surface area (Å²) in [4.78, 5) is 12.7. The standard InChI is InChI=1S/C20H32N2O5S/c1-5-6-7-8-15(4)21-20(23)19(14(2)3)22-28(24,25)16-9-10-17-18(13-16)27-12-11-26-17/h9-10,13-15,19,22H,5-8,11-12H2,1-4H3,(H,21,23)/t15-,19+/m1/s1. The molecule has 1 aliphatic rings. The first-order chi connectivity index (χ1) is 13.2. The molecule has 1 aliphatic heterocycles. The van der Waals surface area contributed by atoms with E-state index in [0.29, 0.717) is 24.7 Å². The summed E-state index contributed by atoms with van der Waals surface area (Å²) in [6.07, 6.45) is 4.14. The molecule has 0 saturated carbocycles. The van der Waals surface area contributed by atoms with Gasteiger partial charge in [-0.05, 0) is 31.4 Å². The molecule has 28 heavy (non-hydrogen) atoms. The van der Waals surface area contributed by atoms with Gasteiger partial charge >= 0.3 is 0 Å². The van der Waals surface area contributed by atoms with E-state index in [4.69, 9.17) is 9.47 Å². The summed E-state index contributed by atoms with van der Waals surface area (Å²) in [6, 6.07) is 3.60. The van der Waals surface area contributed by atoms with Gasteiger partial charge < -0.3 is 14.8 Å². The SMILES string of the molecule is CCCCC[C@@H](C)NC(=O)[C@@H](NS(=O)(=O)c1ccc2c(c1)OCCO2)C(C)C. The molecule has 7 nitrogen and oxygen atoms in total. The van der Waals surface area contributed by atoms with E-state index in [2.05, 4.69) is 17.0 Å². The fourth-order valence-electron chi connectivity index (χ4n) is 3.02. The average molecular weight is 413 g/mol. The van der Waals surface area contributed by atoms with Crippen LogP contribution in [0.5, 0.6) is 11.5 Å². The Morgan fingerprint density at radius 3 is 2.43 bits per heavy atom. The fraction of sp³-hybridized carbons (Fsp3) is 0.650. The number of benzene rings is 1. The number of amides is 1. The van der Waals surface area contributed by atoms with Gasteiger partial charge in [-0.25, -0.2) is 8.42 Å². The topological polar surface area (TPSA) is 93.7 Å². The average Bonchev–Trinajstić information content (AvgIpc) is 2.65. The Hall–Kier alpha value is -1.80. The minimum atomic E-state index is -3.89. The number of rotatable bonds is 10. The zero-order valence-corrected chi connectivity index (χ0v) is 18.0. The Morgan fingerprint density at radius 1 is 1.11 bits per heavy atom. The van der Waals surface area contributed by atoms with Crippen LogP contribution < -0.4 is 19.5 Å². The molecule has 0 aliphatic carbocycles. The number of carbonyl (C=O) groups is 1. The van der Waals surface area contributed by atoms with E-state index in [-0.39, 0.29) is 22.8 Å². The van der Waals surface area contributed by atoms with Crippen molar-refractivity contribution >= 4 is 15.9 Å². The molecule has 1 heterocycles. The summed E-state index contributed by atoms with van der Waals surface area (Å²) in [5.74, 6) is 0.406. The van der Waals surface area contributed by atoms with Crippen LogP contribution in [0.15, 0.2) is 23.1 Å². The van der Waals surface area contributed by atoms with Crippen LogP contribution in [-0.2, 0) is 14.8 Å². The minimum absolute atomic E-state index is 0.000836. The van der Waals surface area contributed by atoms with Gasteiger partial charge in [-0.15, -0.1) is 0 Å². The molecule has 0 radical (unpaired) electrons. The lowest BCUT2D eigenvalue weighted by Gasteiger charge is -2.24. The monoisotopic (exact) mass is 412 g/mol. The van der Waals surface area contributed by atoms with E-state index in [1.165, 1.54) is 12.1 Å². The zero-order chi connectivity index (χ0) is 20.7. The number of ether oxygens (including phenoxy) is 2. The molecule has 158 valence electrons. The van der Waals surface area contributed by atoms with E-state index in [1.807, 2.05) is 20.8 Å². The number of hydrogen-bond donors (Lipinski definition) is 2. The number of carbonyl (C=O) groups excluding carboxylic acids is 1. The maximum atomic E-state index is 12.8. The third kappa shape index (κ3) is 6.10. The van der Waals surface area contributed by atoms with E-state index < -0.39 is 16.1 Å². The Kier molecular flexibility index (Phi) is 8.12. The molecule has 2 N–H and O–H groups in total.